The van der Waals surface area contributed by atoms with E-state index < -0.39 is 0 Å². The van der Waals surface area contributed by atoms with Crippen molar-refractivity contribution in [3.8, 4) is 11.4 Å². The molecule has 6 heteroatoms. The molecule has 0 bridgehead atoms. The lowest BCUT2D eigenvalue weighted by atomic mass is 10.0. The molecule has 0 fully saturated rings. The smallest absolute Gasteiger partial charge is 0.240 e. The fourth-order valence-corrected chi connectivity index (χ4v) is 4.58. The molecule has 4 rings (SSSR count). The summed E-state index contributed by atoms with van der Waals surface area (Å²) in [6.45, 7) is 7.16. The molecule has 148 valence electrons. The number of hydrogen-bond donors (Lipinski definition) is 0. The van der Waals surface area contributed by atoms with E-state index in [4.69, 9.17) is 0 Å². The van der Waals surface area contributed by atoms with E-state index in [0.29, 0.717) is 6.54 Å². The highest BCUT2D eigenvalue weighted by Gasteiger charge is 2.28. The molecule has 0 radical (unpaired) electrons. The number of rotatable bonds is 6. The lowest BCUT2D eigenvalue weighted by molar-refractivity contribution is -0.117. The second-order valence-electron chi connectivity index (χ2n) is 7.05. The molecule has 29 heavy (non-hydrogen) atoms. The minimum Gasteiger partial charge on any atom is -0.311 e. The Bertz CT molecular complexity index is 1010. The van der Waals surface area contributed by atoms with Crippen molar-refractivity contribution in [2.45, 2.75) is 36.7 Å². The molecule has 3 aromatic rings. The summed E-state index contributed by atoms with van der Waals surface area (Å²) in [5, 5.41) is 9.23. The van der Waals surface area contributed by atoms with E-state index in [0.717, 1.165) is 41.6 Å². The first-order valence-corrected chi connectivity index (χ1v) is 10.7. The zero-order valence-electron chi connectivity index (χ0n) is 16.5. The van der Waals surface area contributed by atoms with Gasteiger partial charge in [-0.2, -0.15) is 0 Å². The molecule has 1 atom stereocenters. The van der Waals surface area contributed by atoms with Crippen LogP contribution >= 0.6 is 11.8 Å². The van der Waals surface area contributed by atoms with Crippen LogP contribution in [0.5, 0.6) is 0 Å². The summed E-state index contributed by atoms with van der Waals surface area (Å²) in [7, 11) is 0. The van der Waals surface area contributed by atoms with Crippen LogP contribution in [0.15, 0.2) is 72.4 Å². The molecular formula is C23H24N4OS. The summed E-state index contributed by atoms with van der Waals surface area (Å²) in [6.07, 6.45) is 3.84. The maximum Gasteiger partial charge on any atom is 0.240 e. The lowest BCUT2D eigenvalue weighted by Gasteiger charge is -2.31. The molecule has 0 saturated heterocycles. The maximum atomic E-state index is 13.2. The number of hydrogen-bond acceptors (Lipinski definition) is 4. The quantitative estimate of drug-likeness (QED) is 0.445. The van der Waals surface area contributed by atoms with Gasteiger partial charge in [0, 0.05) is 24.3 Å². The van der Waals surface area contributed by atoms with Gasteiger partial charge in [-0.1, -0.05) is 66.4 Å². The molecule has 1 aliphatic rings. The number of para-hydroxylation sites is 1. The summed E-state index contributed by atoms with van der Waals surface area (Å²) in [4.78, 5) is 15.2. The van der Waals surface area contributed by atoms with Gasteiger partial charge in [-0.3, -0.25) is 9.36 Å². The number of aryl methyl sites for hydroxylation is 1. The highest BCUT2D eigenvalue weighted by molar-refractivity contribution is 8.00. The summed E-state index contributed by atoms with van der Waals surface area (Å²) in [6, 6.07) is 18.1. The zero-order valence-corrected chi connectivity index (χ0v) is 17.3. The molecule has 2 heterocycles. The summed E-state index contributed by atoms with van der Waals surface area (Å²) >= 11 is 1.45. The van der Waals surface area contributed by atoms with E-state index in [-0.39, 0.29) is 11.2 Å². The van der Waals surface area contributed by atoms with Crippen molar-refractivity contribution in [2.24, 2.45) is 0 Å². The van der Waals surface area contributed by atoms with Crippen LogP contribution in [0.25, 0.3) is 11.4 Å². The van der Waals surface area contributed by atoms with E-state index in [1.54, 1.807) is 0 Å². The molecule has 1 aliphatic heterocycles. The van der Waals surface area contributed by atoms with E-state index in [9.17, 15) is 4.79 Å². The van der Waals surface area contributed by atoms with Crippen molar-refractivity contribution < 1.29 is 4.79 Å². The molecule has 0 aliphatic carbocycles. The second kappa shape index (κ2) is 8.66. The predicted octanol–water partition coefficient (Wildman–Crippen LogP) is 4.59. The van der Waals surface area contributed by atoms with E-state index >= 15 is 0 Å². The predicted molar refractivity (Wildman–Crippen MR) is 118 cm³/mol. The summed E-state index contributed by atoms with van der Waals surface area (Å²) in [5.74, 6) is 0.896. The van der Waals surface area contributed by atoms with Crippen LogP contribution in [0.4, 0.5) is 5.69 Å². The number of anilines is 1. The van der Waals surface area contributed by atoms with Gasteiger partial charge in [-0.25, -0.2) is 0 Å². The highest BCUT2D eigenvalue weighted by Crippen LogP contribution is 2.31. The topological polar surface area (TPSA) is 51.0 Å². The monoisotopic (exact) mass is 404 g/mol. The first-order valence-electron chi connectivity index (χ1n) is 9.84. The van der Waals surface area contributed by atoms with Crippen molar-refractivity contribution in [2.75, 3.05) is 11.4 Å². The van der Waals surface area contributed by atoms with E-state index in [1.165, 1.54) is 17.3 Å². The highest BCUT2D eigenvalue weighted by atomic mass is 32.2. The van der Waals surface area contributed by atoms with Gasteiger partial charge < -0.3 is 4.90 Å². The third-order valence-electron chi connectivity index (χ3n) is 5.07. The van der Waals surface area contributed by atoms with Crippen LogP contribution in [0.2, 0.25) is 0 Å². The molecule has 1 aromatic heterocycles. The summed E-state index contributed by atoms with van der Waals surface area (Å²) in [5.41, 5.74) is 3.27. The molecular weight excluding hydrogens is 380 g/mol. The van der Waals surface area contributed by atoms with Gasteiger partial charge in [-0.05, 0) is 31.4 Å². The normalized spacial score (nSPS) is 14.3. The number of carbonyl (C=O) groups is 1. The van der Waals surface area contributed by atoms with Gasteiger partial charge in [0.15, 0.2) is 11.0 Å². The van der Waals surface area contributed by atoms with Crippen molar-refractivity contribution in [1.82, 2.24) is 14.8 Å². The fraction of sp³-hybridized carbons (Fsp3) is 0.261. The first-order chi connectivity index (χ1) is 14.2. The van der Waals surface area contributed by atoms with E-state index in [1.807, 2.05) is 71.0 Å². The Morgan fingerprint density at radius 3 is 2.72 bits per heavy atom. The largest absolute Gasteiger partial charge is 0.311 e. The van der Waals surface area contributed by atoms with Gasteiger partial charge in [-0.15, -0.1) is 16.8 Å². The summed E-state index contributed by atoms with van der Waals surface area (Å²) < 4.78 is 2.01. The molecule has 0 saturated carbocycles. The molecule has 1 amide bonds. The first kappa shape index (κ1) is 19.5. The number of fused-ring (bicyclic) bond motifs is 1. The van der Waals surface area contributed by atoms with Crippen LogP contribution in [-0.2, 0) is 17.8 Å². The van der Waals surface area contributed by atoms with Gasteiger partial charge >= 0.3 is 0 Å². The number of benzene rings is 2. The number of nitrogens with zero attached hydrogens (tertiary/aromatic N) is 4. The molecule has 5 nitrogen and oxygen atoms in total. The Morgan fingerprint density at radius 1 is 1.17 bits per heavy atom. The van der Waals surface area contributed by atoms with Crippen LogP contribution in [0.1, 0.15) is 18.9 Å². The average Bonchev–Trinajstić information content (AvgIpc) is 3.16. The van der Waals surface area contributed by atoms with Crippen LogP contribution in [0.3, 0.4) is 0 Å². The Morgan fingerprint density at radius 2 is 1.93 bits per heavy atom. The number of amides is 1. The maximum absolute atomic E-state index is 13.2. The van der Waals surface area contributed by atoms with Crippen molar-refractivity contribution in [1.29, 1.82) is 0 Å². The Kier molecular flexibility index (Phi) is 5.81. The second-order valence-corrected chi connectivity index (χ2v) is 8.36. The average molecular weight is 405 g/mol. The minimum absolute atomic E-state index is 0.108. The van der Waals surface area contributed by atoms with Gasteiger partial charge in [0.2, 0.25) is 5.91 Å². The third-order valence-corrected chi connectivity index (χ3v) is 6.13. The number of allylic oxidation sites excluding steroid dienone is 1. The number of thioether (sulfide) groups is 1. The van der Waals surface area contributed by atoms with Crippen molar-refractivity contribution >= 4 is 23.4 Å². The Labute approximate surface area is 175 Å². The number of carbonyl (C=O) groups excluding carboxylic acids is 1. The van der Waals surface area contributed by atoms with Crippen molar-refractivity contribution in [3.63, 3.8) is 0 Å². The third kappa shape index (κ3) is 3.98. The van der Waals surface area contributed by atoms with Gasteiger partial charge in [0.25, 0.3) is 0 Å². The van der Waals surface area contributed by atoms with Crippen LogP contribution in [0, 0.1) is 0 Å². The number of aromatic nitrogens is 3. The van der Waals surface area contributed by atoms with Gasteiger partial charge in [0.1, 0.15) is 0 Å². The molecule has 1 unspecified atom stereocenters. The van der Waals surface area contributed by atoms with E-state index in [2.05, 4.69) is 22.8 Å². The standard InChI is InChI=1S/C23H24N4OS/c1-3-15-27-21(19-11-5-4-6-12-19)24-25-23(27)29-17(2)22(28)26-16-9-13-18-10-7-8-14-20(18)26/h3-8,10-12,14,17H,1,9,13,15-16H2,2H3. The Hall–Kier alpha value is -2.86. The van der Waals surface area contributed by atoms with Crippen LogP contribution in [-0.4, -0.2) is 32.5 Å². The fourth-order valence-electron chi connectivity index (χ4n) is 3.66. The Balaban J connectivity index is 1.57. The molecule has 0 N–H and O–H groups in total. The molecule has 0 spiro atoms. The molecule has 2 aromatic carbocycles. The van der Waals surface area contributed by atoms with Crippen molar-refractivity contribution in [3.05, 3.63) is 72.8 Å². The van der Waals surface area contributed by atoms with Gasteiger partial charge in [0.05, 0.1) is 5.25 Å². The van der Waals surface area contributed by atoms with Crippen LogP contribution < -0.4 is 4.90 Å². The zero-order chi connectivity index (χ0) is 20.2. The minimum atomic E-state index is -0.266. The lowest BCUT2D eigenvalue weighted by Crippen LogP contribution is -2.40. The SMILES string of the molecule is C=CCn1c(SC(C)C(=O)N2CCCc3ccccc32)nnc1-c1ccccc1.